The molecule has 0 radical (unpaired) electrons. The Bertz CT molecular complexity index is 395. The molecule has 0 spiro atoms. The first-order valence-electron chi connectivity index (χ1n) is 5.95. The highest BCUT2D eigenvalue weighted by molar-refractivity contribution is 7.98. The van der Waals surface area contributed by atoms with Crippen LogP contribution < -0.4 is 0 Å². The summed E-state index contributed by atoms with van der Waals surface area (Å²) in [5.74, 6) is -0.247. The lowest BCUT2D eigenvalue weighted by Gasteiger charge is -2.24. The molecule has 1 aromatic rings. The van der Waals surface area contributed by atoms with Crippen LogP contribution >= 0.6 is 11.8 Å². The van der Waals surface area contributed by atoms with E-state index in [1.54, 1.807) is 23.7 Å². The number of hydrogen-bond donors (Lipinski definition) is 1. The van der Waals surface area contributed by atoms with Gasteiger partial charge in [0.1, 0.15) is 5.60 Å². The number of amides is 1. The molecule has 0 aliphatic rings. The van der Waals surface area contributed by atoms with Crippen LogP contribution in [0, 0.1) is 0 Å². The van der Waals surface area contributed by atoms with Crippen LogP contribution in [0.2, 0.25) is 0 Å². The van der Waals surface area contributed by atoms with Crippen molar-refractivity contribution in [2.24, 2.45) is 0 Å². The normalized spacial score (nSPS) is 11.4. The van der Waals surface area contributed by atoms with E-state index in [0.29, 0.717) is 6.54 Å². The molecule has 18 heavy (non-hydrogen) atoms. The highest BCUT2D eigenvalue weighted by Crippen LogP contribution is 2.15. The van der Waals surface area contributed by atoms with Gasteiger partial charge in [0.15, 0.2) is 0 Å². The maximum absolute atomic E-state index is 11.8. The van der Waals surface area contributed by atoms with Crippen molar-refractivity contribution in [2.75, 3.05) is 19.8 Å². The first-order valence-corrected chi connectivity index (χ1v) is 7.18. The Kier molecular flexibility index (Phi) is 5.23. The van der Waals surface area contributed by atoms with E-state index < -0.39 is 5.60 Å². The van der Waals surface area contributed by atoms with E-state index in [1.807, 2.05) is 6.26 Å². The number of nitrogens with zero attached hydrogens (tertiary/aromatic N) is 1. The molecule has 1 amide bonds. The highest BCUT2D eigenvalue weighted by atomic mass is 32.2. The van der Waals surface area contributed by atoms with Crippen molar-refractivity contribution < 1.29 is 9.90 Å². The van der Waals surface area contributed by atoms with Crippen molar-refractivity contribution in [3.05, 3.63) is 29.8 Å². The monoisotopic (exact) mass is 267 g/mol. The highest BCUT2D eigenvalue weighted by Gasteiger charge is 2.26. The number of carbonyl (C=O) groups excluding carboxylic acids is 1. The van der Waals surface area contributed by atoms with Crippen molar-refractivity contribution in [3.8, 4) is 0 Å². The van der Waals surface area contributed by atoms with Crippen LogP contribution in [0.15, 0.2) is 29.2 Å². The molecule has 0 aromatic heterocycles. The van der Waals surface area contributed by atoms with Crippen LogP contribution in [-0.2, 0) is 11.2 Å². The fourth-order valence-corrected chi connectivity index (χ4v) is 2.07. The summed E-state index contributed by atoms with van der Waals surface area (Å²) in [6.45, 7) is 3.64. The van der Waals surface area contributed by atoms with E-state index >= 15 is 0 Å². The van der Waals surface area contributed by atoms with Gasteiger partial charge in [-0.3, -0.25) is 4.79 Å². The van der Waals surface area contributed by atoms with Gasteiger partial charge in [-0.2, -0.15) is 0 Å². The molecule has 0 aliphatic heterocycles. The molecule has 1 N–H and O–H groups in total. The average Bonchev–Trinajstić information content (AvgIpc) is 2.34. The van der Waals surface area contributed by atoms with Crippen LogP contribution in [0.4, 0.5) is 0 Å². The topological polar surface area (TPSA) is 40.5 Å². The Labute approximate surface area is 113 Å². The van der Waals surface area contributed by atoms with Gasteiger partial charge < -0.3 is 10.0 Å². The molecule has 4 heteroatoms. The standard InChI is InChI=1S/C14H21NO2S/c1-14(2,17)13(16)15(3)10-9-11-5-7-12(18-4)8-6-11/h5-8,17H,9-10H2,1-4H3. The van der Waals surface area contributed by atoms with E-state index in [1.165, 1.54) is 24.3 Å². The third-order valence-corrected chi connectivity index (χ3v) is 3.51. The lowest BCUT2D eigenvalue weighted by Crippen LogP contribution is -2.43. The molecule has 0 aliphatic carbocycles. The second-order valence-electron chi connectivity index (χ2n) is 4.88. The Morgan fingerprint density at radius 3 is 2.33 bits per heavy atom. The molecule has 0 saturated heterocycles. The van der Waals surface area contributed by atoms with E-state index in [2.05, 4.69) is 24.3 Å². The van der Waals surface area contributed by atoms with Gasteiger partial charge in [-0.15, -0.1) is 11.8 Å². The van der Waals surface area contributed by atoms with Crippen LogP contribution in [0.25, 0.3) is 0 Å². The van der Waals surface area contributed by atoms with Gasteiger partial charge in [0, 0.05) is 18.5 Å². The van der Waals surface area contributed by atoms with Gasteiger partial charge in [0.05, 0.1) is 0 Å². The van der Waals surface area contributed by atoms with Gasteiger partial charge in [-0.05, 0) is 44.2 Å². The fourth-order valence-electron chi connectivity index (χ4n) is 1.66. The first-order chi connectivity index (χ1) is 8.34. The lowest BCUT2D eigenvalue weighted by atomic mass is 10.1. The van der Waals surface area contributed by atoms with Gasteiger partial charge in [-0.1, -0.05) is 12.1 Å². The van der Waals surface area contributed by atoms with Crippen molar-refractivity contribution in [2.45, 2.75) is 30.8 Å². The summed E-state index contributed by atoms with van der Waals surface area (Å²) in [4.78, 5) is 14.6. The zero-order valence-electron chi connectivity index (χ0n) is 11.4. The number of rotatable bonds is 5. The van der Waals surface area contributed by atoms with Gasteiger partial charge in [-0.25, -0.2) is 0 Å². The van der Waals surface area contributed by atoms with Gasteiger partial charge in [0.2, 0.25) is 0 Å². The maximum atomic E-state index is 11.8. The van der Waals surface area contributed by atoms with Crippen molar-refractivity contribution in [1.29, 1.82) is 0 Å². The molecule has 100 valence electrons. The number of hydrogen-bond acceptors (Lipinski definition) is 3. The molecule has 0 heterocycles. The molecule has 1 aromatic carbocycles. The van der Waals surface area contributed by atoms with E-state index in [-0.39, 0.29) is 5.91 Å². The summed E-state index contributed by atoms with van der Waals surface area (Å²) >= 11 is 1.71. The van der Waals surface area contributed by atoms with Crippen molar-refractivity contribution in [3.63, 3.8) is 0 Å². The predicted octanol–water partition coefficient (Wildman–Crippen LogP) is 2.18. The fraction of sp³-hybridized carbons (Fsp3) is 0.500. The summed E-state index contributed by atoms with van der Waals surface area (Å²) < 4.78 is 0. The van der Waals surface area contributed by atoms with Gasteiger partial charge >= 0.3 is 0 Å². The molecule has 0 atom stereocenters. The molecule has 0 saturated carbocycles. The summed E-state index contributed by atoms with van der Waals surface area (Å²) in [7, 11) is 1.72. The Balaban J connectivity index is 2.52. The minimum absolute atomic E-state index is 0.247. The molecular formula is C14H21NO2S. The predicted molar refractivity (Wildman–Crippen MR) is 75.9 cm³/mol. The molecule has 1 rings (SSSR count). The lowest BCUT2D eigenvalue weighted by molar-refractivity contribution is -0.146. The summed E-state index contributed by atoms with van der Waals surface area (Å²) in [5.41, 5.74) is -0.0968. The van der Waals surface area contributed by atoms with Crippen molar-refractivity contribution in [1.82, 2.24) is 4.90 Å². The van der Waals surface area contributed by atoms with Crippen LogP contribution in [-0.4, -0.2) is 41.4 Å². The zero-order valence-corrected chi connectivity index (χ0v) is 12.3. The van der Waals surface area contributed by atoms with E-state index in [9.17, 15) is 9.90 Å². The molecule has 3 nitrogen and oxygen atoms in total. The third kappa shape index (κ3) is 4.35. The number of aliphatic hydroxyl groups is 1. The molecule has 0 unspecified atom stereocenters. The quantitative estimate of drug-likeness (QED) is 0.831. The van der Waals surface area contributed by atoms with Crippen molar-refractivity contribution >= 4 is 17.7 Å². The Morgan fingerprint density at radius 1 is 1.33 bits per heavy atom. The zero-order chi connectivity index (χ0) is 13.8. The molecule has 0 fully saturated rings. The summed E-state index contributed by atoms with van der Waals surface area (Å²) in [6.07, 6.45) is 2.85. The second-order valence-corrected chi connectivity index (χ2v) is 5.76. The Hall–Kier alpha value is -1.00. The smallest absolute Gasteiger partial charge is 0.253 e. The second kappa shape index (κ2) is 6.25. The molecule has 0 bridgehead atoms. The van der Waals surface area contributed by atoms with Crippen LogP contribution in [0.3, 0.4) is 0 Å². The van der Waals surface area contributed by atoms with Crippen LogP contribution in [0.5, 0.6) is 0 Å². The minimum Gasteiger partial charge on any atom is -0.381 e. The number of benzene rings is 1. The minimum atomic E-state index is -1.29. The molecular weight excluding hydrogens is 246 g/mol. The van der Waals surface area contributed by atoms with Gasteiger partial charge in [0.25, 0.3) is 5.91 Å². The summed E-state index contributed by atoms with van der Waals surface area (Å²) in [5, 5.41) is 9.63. The third-order valence-electron chi connectivity index (χ3n) is 2.77. The van der Waals surface area contributed by atoms with E-state index in [0.717, 1.165) is 6.42 Å². The first kappa shape index (κ1) is 15.1. The average molecular weight is 267 g/mol. The summed E-state index contributed by atoms with van der Waals surface area (Å²) in [6, 6.07) is 8.32. The Morgan fingerprint density at radius 2 is 1.89 bits per heavy atom. The number of thioether (sulfide) groups is 1. The van der Waals surface area contributed by atoms with E-state index in [4.69, 9.17) is 0 Å². The SMILES string of the molecule is CSc1ccc(CCN(C)C(=O)C(C)(C)O)cc1. The largest absolute Gasteiger partial charge is 0.381 e. The maximum Gasteiger partial charge on any atom is 0.253 e. The number of carbonyl (C=O) groups is 1. The number of likely N-dealkylation sites (N-methyl/N-ethyl adjacent to an activating group) is 1. The van der Waals surface area contributed by atoms with Crippen LogP contribution in [0.1, 0.15) is 19.4 Å².